The molecular formula is C16H12Cl2N4S2. The molecule has 8 heteroatoms. The van der Waals surface area contributed by atoms with Crippen molar-refractivity contribution in [3.8, 4) is 10.7 Å². The van der Waals surface area contributed by atoms with Gasteiger partial charge in [0.1, 0.15) is 10.7 Å². The Morgan fingerprint density at radius 1 is 1.12 bits per heavy atom. The van der Waals surface area contributed by atoms with Crippen LogP contribution < -0.4 is 10.6 Å². The number of halogens is 2. The average molecular weight is 395 g/mol. The first-order valence-electron chi connectivity index (χ1n) is 6.98. The molecular weight excluding hydrogens is 383 g/mol. The molecule has 0 saturated heterocycles. The normalized spacial score (nSPS) is 10.4. The topological polar surface area (TPSA) is 49.8 Å². The van der Waals surface area contributed by atoms with Gasteiger partial charge in [0.2, 0.25) is 0 Å². The summed E-state index contributed by atoms with van der Waals surface area (Å²) in [7, 11) is 0. The molecule has 0 saturated carbocycles. The van der Waals surface area contributed by atoms with Gasteiger partial charge >= 0.3 is 0 Å². The zero-order valence-corrected chi connectivity index (χ0v) is 15.4. The Balaban J connectivity index is 1.68. The number of hydrogen-bond acceptors (Lipinski definition) is 4. The van der Waals surface area contributed by atoms with Crippen molar-refractivity contribution in [3.05, 3.63) is 63.7 Å². The minimum absolute atomic E-state index is 0.438. The van der Waals surface area contributed by atoms with Crippen molar-refractivity contribution >= 4 is 57.6 Å². The third-order valence-electron chi connectivity index (χ3n) is 3.17. The lowest BCUT2D eigenvalue weighted by Crippen LogP contribution is -2.28. The van der Waals surface area contributed by atoms with Crippen molar-refractivity contribution in [1.82, 2.24) is 15.3 Å². The third-order valence-corrected chi connectivity index (χ3v) is 5.01. The minimum atomic E-state index is 0.438. The first-order chi connectivity index (χ1) is 11.6. The Bertz CT molecular complexity index is 853. The van der Waals surface area contributed by atoms with Gasteiger partial charge in [0.05, 0.1) is 15.7 Å². The Kier molecular flexibility index (Phi) is 5.63. The molecule has 0 unspecified atom stereocenters. The van der Waals surface area contributed by atoms with Crippen molar-refractivity contribution in [2.75, 3.05) is 5.32 Å². The van der Waals surface area contributed by atoms with Crippen molar-refractivity contribution < 1.29 is 0 Å². The molecule has 0 aliphatic rings. The van der Waals surface area contributed by atoms with Gasteiger partial charge in [0.15, 0.2) is 5.11 Å². The van der Waals surface area contributed by atoms with E-state index in [4.69, 9.17) is 35.4 Å². The fourth-order valence-electron chi connectivity index (χ4n) is 2.06. The van der Waals surface area contributed by atoms with Gasteiger partial charge < -0.3 is 10.6 Å². The molecule has 0 aliphatic heterocycles. The summed E-state index contributed by atoms with van der Waals surface area (Å²) in [6, 6.07) is 9.22. The lowest BCUT2D eigenvalue weighted by Gasteiger charge is -2.13. The molecule has 0 radical (unpaired) electrons. The van der Waals surface area contributed by atoms with Crippen LogP contribution in [0.5, 0.6) is 0 Å². The predicted molar refractivity (Wildman–Crippen MR) is 105 cm³/mol. The van der Waals surface area contributed by atoms with Crippen molar-refractivity contribution in [2.45, 2.75) is 6.54 Å². The smallest absolute Gasteiger partial charge is 0.171 e. The Labute approximate surface area is 158 Å². The van der Waals surface area contributed by atoms with Gasteiger partial charge in [-0.3, -0.25) is 4.98 Å². The van der Waals surface area contributed by atoms with E-state index < -0.39 is 0 Å². The zero-order valence-electron chi connectivity index (χ0n) is 12.3. The monoisotopic (exact) mass is 394 g/mol. The van der Waals surface area contributed by atoms with Crippen molar-refractivity contribution in [2.24, 2.45) is 0 Å². The van der Waals surface area contributed by atoms with E-state index >= 15 is 0 Å². The van der Waals surface area contributed by atoms with Crippen LogP contribution in [0.1, 0.15) is 5.56 Å². The van der Waals surface area contributed by atoms with Gasteiger partial charge in [-0.05, 0) is 30.4 Å². The summed E-state index contributed by atoms with van der Waals surface area (Å²) in [5.41, 5.74) is 2.52. The Hall–Kier alpha value is -1.73. The van der Waals surface area contributed by atoms with Crippen LogP contribution in [0.15, 0.2) is 48.1 Å². The largest absolute Gasteiger partial charge is 0.358 e. The quantitative estimate of drug-likeness (QED) is 0.609. The SMILES string of the molecule is S=C(NCc1cccnc1-c1nccs1)Nc1cccc(Cl)c1Cl. The number of nitrogens with zero attached hydrogens (tertiary/aromatic N) is 2. The summed E-state index contributed by atoms with van der Waals surface area (Å²) in [6.45, 7) is 0.521. The Morgan fingerprint density at radius 3 is 2.79 bits per heavy atom. The Morgan fingerprint density at radius 2 is 2.00 bits per heavy atom. The summed E-state index contributed by atoms with van der Waals surface area (Å²) >= 11 is 19.0. The summed E-state index contributed by atoms with van der Waals surface area (Å²) in [5, 5.41) is 10.4. The molecule has 0 fully saturated rings. The van der Waals surface area contributed by atoms with E-state index in [1.807, 2.05) is 23.6 Å². The molecule has 0 aliphatic carbocycles. The lowest BCUT2D eigenvalue weighted by atomic mass is 10.2. The van der Waals surface area contributed by atoms with Gasteiger partial charge in [-0.25, -0.2) is 4.98 Å². The third kappa shape index (κ3) is 4.02. The first kappa shape index (κ1) is 17.1. The number of anilines is 1. The molecule has 2 N–H and O–H groups in total. The van der Waals surface area contributed by atoms with Crippen LogP contribution >= 0.6 is 46.8 Å². The van der Waals surface area contributed by atoms with E-state index in [1.54, 1.807) is 35.9 Å². The van der Waals surface area contributed by atoms with Crippen LogP contribution in [0.2, 0.25) is 10.0 Å². The highest BCUT2D eigenvalue weighted by Gasteiger charge is 2.10. The van der Waals surface area contributed by atoms with Crippen LogP contribution in [-0.4, -0.2) is 15.1 Å². The van der Waals surface area contributed by atoms with Crippen molar-refractivity contribution in [1.29, 1.82) is 0 Å². The van der Waals surface area contributed by atoms with E-state index in [-0.39, 0.29) is 0 Å². The number of aromatic nitrogens is 2. The van der Waals surface area contributed by atoms with E-state index in [0.29, 0.717) is 27.4 Å². The molecule has 2 aromatic heterocycles. The van der Waals surface area contributed by atoms with Crippen molar-refractivity contribution in [3.63, 3.8) is 0 Å². The second-order valence-corrected chi connectivity index (χ2v) is 6.85. The second-order valence-electron chi connectivity index (χ2n) is 4.76. The molecule has 0 amide bonds. The molecule has 4 nitrogen and oxygen atoms in total. The van der Waals surface area contributed by atoms with E-state index in [1.165, 1.54) is 0 Å². The van der Waals surface area contributed by atoms with Crippen LogP contribution in [0.3, 0.4) is 0 Å². The maximum Gasteiger partial charge on any atom is 0.171 e. The number of benzene rings is 1. The molecule has 0 spiro atoms. The average Bonchev–Trinajstić information content (AvgIpc) is 3.12. The molecule has 1 aromatic carbocycles. The predicted octanol–water partition coefficient (Wildman–Crippen LogP) is 5.00. The molecule has 0 atom stereocenters. The lowest BCUT2D eigenvalue weighted by molar-refractivity contribution is 0.919. The van der Waals surface area contributed by atoms with Crippen LogP contribution in [0.25, 0.3) is 10.7 Å². The first-order valence-corrected chi connectivity index (χ1v) is 9.02. The van der Waals surface area contributed by atoms with E-state index in [2.05, 4.69) is 20.6 Å². The summed E-state index contributed by atoms with van der Waals surface area (Å²) in [6.07, 6.45) is 3.52. The number of nitrogens with one attached hydrogen (secondary N) is 2. The number of hydrogen-bond donors (Lipinski definition) is 2. The highest BCUT2D eigenvalue weighted by molar-refractivity contribution is 7.80. The number of rotatable bonds is 4. The second kappa shape index (κ2) is 7.90. The zero-order chi connectivity index (χ0) is 16.9. The van der Waals surface area contributed by atoms with Gasteiger partial charge in [-0.1, -0.05) is 35.3 Å². The van der Waals surface area contributed by atoms with Crippen LogP contribution in [-0.2, 0) is 6.54 Å². The van der Waals surface area contributed by atoms with Crippen LogP contribution in [0, 0.1) is 0 Å². The van der Waals surface area contributed by atoms with E-state index in [9.17, 15) is 0 Å². The summed E-state index contributed by atoms with van der Waals surface area (Å²) in [4.78, 5) is 8.73. The standard InChI is InChI=1S/C16H12Cl2N4S2/c17-11-4-1-5-12(13(11)18)22-16(23)21-9-10-3-2-6-19-14(10)15-20-7-8-24-15/h1-8H,9H2,(H2,21,22,23). The molecule has 3 rings (SSSR count). The number of thiazole rings is 1. The molecule has 122 valence electrons. The summed E-state index contributed by atoms with van der Waals surface area (Å²) < 4.78 is 0. The fraction of sp³-hybridized carbons (Fsp3) is 0.0625. The number of thiocarbonyl (C=S) groups is 1. The number of pyridine rings is 1. The fourth-order valence-corrected chi connectivity index (χ4v) is 3.25. The molecule has 0 bridgehead atoms. The van der Waals surface area contributed by atoms with Gasteiger partial charge in [-0.2, -0.15) is 0 Å². The molecule has 24 heavy (non-hydrogen) atoms. The molecule has 3 aromatic rings. The molecule has 2 heterocycles. The highest BCUT2D eigenvalue weighted by atomic mass is 35.5. The van der Waals surface area contributed by atoms with E-state index in [0.717, 1.165) is 16.3 Å². The maximum absolute atomic E-state index is 6.15. The van der Waals surface area contributed by atoms with Gasteiger partial charge in [-0.15, -0.1) is 11.3 Å². The van der Waals surface area contributed by atoms with Crippen LogP contribution in [0.4, 0.5) is 5.69 Å². The highest BCUT2D eigenvalue weighted by Crippen LogP contribution is 2.29. The minimum Gasteiger partial charge on any atom is -0.358 e. The van der Waals surface area contributed by atoms with Gasteiger partial charge in [0.25, 0.3) is 0 Å². The van der Waals surface area contributed by atoms with Gasteiger partial charge in [0, 0.05) is 29.9 Å². The summed E-state index contributed by atoms with van der Waals surface area (Å²) in [5.74, 6) is 0. The maximum atomic E-state index is 6.15.